The number of ketones is 2. The molecule has 0 atom stereocenters. The highest BCUT2D eigenvalue weighted by Crippen LogP contribution is 2.28. The van der Waals surface area contributed by atoms with Crippen molar-refractivity contribution in [2.45, 2.75) is 31.6 Å². The van der Waals surface area contributed by atoms with E-state index in [0.29, 0.717) is 16.3 Å². The van der Waals surface area contributed by atoms with Crippen molar-refractivity contribution in [2.75, 3.05) is 0 Å². The van der Waals surface area contributed by atoms with E-state index < -0.39 is 21.4 Å². The zero-order valence-electron chi connectivity index (χ0n) is 21.9. The van der Waals surface area contributed by atoms with E-state index in [1.807, 2.05) is 0 Å². The summed E-state index contributed by atoms with van der Waals surface area (Å²) in [6, 6.07) is 20.1. The van der Waals surface area contributed by atoms with Crippen LogP contribution in [-0.4, -0.2) is 25.1 Å². The number of phenols is 1. The SMILES string of the molecule is CC(=O)Cc1cc2cccc(O)c2oc1=O.CC(=O)Cc1cc2cccc(OS(=O)(=O)c3ccccc3)c2oc1=O. The first-order valence-corrected chi connectivity index (χ1v) is 13.6. The Morgan fingerprint density at radius 2 is 1.24 bits per heavy atom. The fourth-order valence-corrected chi connectivity index (χ4v) is 4.89. The molecule has 0 unspecified atom stereocenters. The van der Waals surface area contributed by atoms with Gasteiger partial charge in [0.2, 0.25) is 0 Å². The van der Waals surface area contributed by atoms with Gasteiger partial charge in [-0.2, -0.15) is 8.42 Å². The molecule has 0 bridgehead atoms. The normalized spacial score (nSPS) is 11.1. The summed E-state index contributed by atoms with van der Waals surface area (Å²) in [4.78, 5) is 45.7. The molecule has 41 heavy (non-hydrogen) atoms. The van der Waals surface area contributed by atoms with Crippen LogP contribution in [0.2, 0.25) is 0 Å². The average Bonchev–Trinajstić information content (AvgIpc) is 2.91. The number of aromatic hydroxyl groups is 1. The highest BCUT2D eigenvalue weighted by molar-refractivity contribution is 7.87. The first kappa shape index (κ1) is 29.0. The van der Waals surface area contributed by atoms with Gasteiger partial charge in [0.15, 0.2) is 22.7 Å². The molecule has 10 nitrogen and oxygen atoms in total. The molecule has 2 heterocycles. The van der Waals surface area contributed by atoms with Crippen molar-refractivity contribution in [3.8, 4) is 11.5 Å². The van der Waals surface area contributed by atoms with Gasteiger partial charge in [-0.15, -0.1) is 0 Å². The lowest BCUT2D eigenvalue weighted by Crippen LogP contribution is -2.12. The topological polar surface area (TPSA) is 158 Å². The maximum absolute atomic E-state index is 12.4. The molecule has 0 saturated heterocycles. The van der Waals surface area contributed by atoms with Crippen molar-refractivity contribution in [1.82, 2.24) is 0 Å². The van der Waals surface area contributed by atoms with Crippen LogP contribution in [0.5, 0.6) is 11.5 Å². The van der Waals surface area contributed by atoms with E-state index in [-0.39, 0.29) is 57.5 Å². The molecule has 5 aromatic rings. The van der Waals surface area contributed by atoms with Gasteiger partial charge in [0, 0.05) is 34.7 Å². The monoisotopic (exact) mass is 576 g/mol. The van der Waals surface area contributed by atoms with E-state index in [0.717, 1.165) is 0 Å². The van der Waals surface area contributed by atoms with Gasteiger partial charge in [-0.05, 0) is 50.2 Å². The third kappa shape index (κ3) is 6.95. The summed E-state index contributed by atoms with van der Waals surface area (Å²) >= 11 is 0. The molecule has 0 amide bonds. The van der Waals surface area contributed by atoms with Crippen LogP contribution < -0.4 is 15.4 Å². The zero-order chi connectivity index (χ0) is 29.7. The summed E-state index contributed by atoms with van der Waals surface area (Å²) in [6.07, 6.45) is -0.000395. The minimum atomic E-state index is -4.06. The van der Waals surface area contributed by atoms with Gasteiger partial charge in [-0.3, -0.25) is 9.59 Å². The van der Waals surface area contributed by atoms with E-state index in [2.05, 4.69) is 0 Å². The average molecular weight is 577 g/mol. The van der Waals surface area contributed by atoms with E-state index >= 15 is 0 Å². The number of carbonyl (C=O) groups excluding carboxylic acids is 2. The van der Waals surface area contributed by atoms with Crippen LogP contribution in [0.3, 0.4) is 0 Å². The number of rotatable bonds is 7. The fraction of sp³-hybridized carbons (Fsp3) is 0.133. The summed E-state index contributed by atoms with van der Waals surface area (Å²) in [5, 5.41) is 10.5. The molecule has 0 aliphatic carbocycles. The number of fused-ring (bicyclic) bond motifs is 2. The Kier molecular flexibility index (Phi) is 8.48. The summed E-state index contributed by atoms with van der Waals surface area (Å²) in [5.41, 5.74) is -0.590. The number of carbonyl (C=O) groups is 2. The van der Waals surface area contributed by atoms with Gasteiger partial charge in [0.05, 0.1) is 0 Å². The first-order chi connectivity index (χ1) is 19.4. The molecule has 0 radical (unpaired) electrons. The second-order valence-electron chi connectivity index (χ2n) is 9.10. The van der Waals surface area contributed by atoms with Crippen LogP contribution in [-0.2, 0) is 32.5 Å². The Hall–Kier alpha value is -5.03. The van der Waals surface area contributed by atoms with Gasteiger partial charge in [-0.25, -0.2) is 9.59 Å². The summed E-state index contributed by atoms with van der Waals surface area (Å²) in [5.74, 6) is -0.450. The predicted octanol–water partition coefficient (Wildman–Crippen LogP) is 4.32. The fourth-order valence-electron chi connectivity index (χ4n) is 3.93. The Morgan fingerprint density at radius 3 is 1.80 bits per heavy atom. The molecule has 210 valence electrons. The van der Waals surface area contributed by atoms with Crippen molar-refractivity contribution >= 4 is 43.6 Å². The Bertz CT molecular complexity index is 1990. The van der Waals surface area contributed by atoms with E-state index in [1.54, 1.807) is 48.5 Å². The number of para-hydroxylation sites is 2. The third-order valence-electron chi connectivity index (χ3n) is 5.72. The van der Waals surface area contributed by atoms with Gasteiger partial charge >= 0.3 is 21.4 Å². The molecule has 0 aliphatic rings. The van der Waals surface area contributed by atoms with Crippen molar-refractivity contribution < 1.29 is 36.1 Å². The molecule has 3 aromatic carbocycles. The van der Waals surface area contributed by atoms with Gasteiger partial charge in [0.1, 0.15) is 16.5 Å². The molecule has 1 N–H and O–H groups in total. The highest BCUT2D eigenvalue weighted by Gasteiger charge is 2.19. The summed E-state index contributed by atoms with van der Waals surface area (Å²) in [6.45, 7) is 2.78. The molecule has 0 aliphatic heterocycles. The maximum atomic E-state index is 12.4. The number of phenolic OH excluding ortho intramolecular Hbond substituents is 1. The predicted molar refractivity (Wildman–Crippen MR) is 150 cm³/mol. The minimum absolute atomic E-state index is 0.0115. The van der Waals surface area contributed by atoms with Crippen LogP contribution in [0.4, 0.5) is 0 Å². The van der Waals surface area contributed by atoms with E-state index in [9.17, 15) is 32.7 Å². The maximum Gasteiger partial charge on any atom is 0.340 e. The number of hydrogen-bond acceptors (Lipinski definition) is 10. The Morgan fingerprint density at radius 1 is 0.732 bits per heavy atom. The van der Waals surface area contributed by atoms with Crippen molar-refractivity contribution in [1.29, 1.82) is 0 Å². The van der Waals surface area contributed by atoms with Crippen LogP contribution in [0.25, 0.3) is 21.9 Å². The van der Waals surface area contributed by atoms with E-state index in [1.165, 1.54) is 44.2 Å². The minimum Gasteiger partial charge on any atom is -0.504 e. The lowest BCUT2D eigenvalue weighted by Gasteiger charge is -2.09. The molecule has 0 fully saturated rings. The van der Waals surface area contributed by atoms with Crippen molar-refractivity contribution in [2.24, 2.45) is 0 Å². The van der Waals surface area contributed by atoms with Crippen molar-refractivity contribution in [3.05, 3.63) is 111 Å². The lowest BCUT2D eigenvalue weighted by atomic mass is 10.1. The van der Waals surface area contributed by atoms with Gasteiger partial charge in [-0.1, -0.05) is 42.5 Å². The van der Waals surface area contributed by atoms with Crippen LogP contribution in [0.1, 0.15) is 25.0 Å². The third-order valence-corrected chi connectivity index (χ3v) is 6.97. The molecular weight excluding hydrogens is 552 g/mol. The van der Waals surface area contributed by atoms with Gasteiger partial charge < -0.3 is 18.1 Å². The first-order valence-electron chi connectivity index (χ1n) is 12.2. The molecular formula is C30H24O10S. The summed E-state index contributed by atoms with van der Waals surface area (Å²) in [7, 11) is -4.06. The molecule has 2 aromatic heterocycles. The molecule has 11 heteroatoms. The second-order valence-corrected chi connectivity index (χ2v) is 10.6. The van der Waals surface area contributed by atoms with Crippen LogP contribution in [0.15, 0.2) is 102 Å². The van der Waals surface area contributed by atoms with Gasteiger partial charge in [0.25, 0.3) is 0 Å². The molecule has 5 rings (SSSR count). The smallest absolute Gasteiger partial charge is 0.340 e. The number of hydrogen-bond donors (Lipinski definition) is 1. The van der Waals surface area contributed by atoms with Crippen LogP contribution >= 0.6 is 0 Å². The van der Waals surface area contributed by atoms with Crippen molar-refractivity contribution in [3.63, 3.8) is 0 Å². The lowest BCUT2D eigenvalue weighted by molar-refractivity contribution is -0.117. The van der Waals surface area contributed by atoms with Crippen LogP contribution in [0, 0.1) is 0 Å². The summed E-state index contributed by atoms with van der Waals surface area (Å²) < 4.78 is 40.0. The quantitative estimate of drug-likeness (QED) is 0.218. The standard InChI is InChI=1S/C18H14O6S.C12H10O4/c1-12(19)10-14-11-13-6-5-9-16(17(13)23-18(14)20)24-25(21,22)15-7-3-2-4-8-15;1-7(13)5-9-6-8-3-2-4-10(14)11(8)16-12(9)15/h2-9,11H,10H2,1H3;2-4,6,14H,5H2,1H3. The Labute approximate surface area is 233 Å². The van der Waals surface area contributed by atoms with E-state index in [4.69, 9.17) is 13.0 Å². The number of Topliss-reactive ketones (excluding diaryl/α,β-unsaturated/α-hetero) is 2. The second kappa shape index (κ2) is 12.0. The zero-order valence-corrected chi connectivity index (χ0v) is 22.8. The Balaban J connectivity index is 0.000000208. The molecule has 0 spiro atoms. The highest BCUT2D eigenvalue weighted by atomic mass is 32.2. The largest absolute Gasteiger partial charge is 0.504 e. The number of benzene rings is 3. The molecule has 0 saturated carbocycles.